The fourth-order valence-electron chi connectivity index (χ4n) is 2.16. The van der Waals surface area contributed by atoms with Crippen LogP contribution in [0, 0.1) is 5.82 Å². The summed E-state index contributed by atoms with van der Waals surface area (Å²) < 4.78 is 23.4. The molecule has 0 unspecified atom stereocenters. The van der Waals surface area contributed by atoms with Gasteiger partial charge in [0.25, 0.3) is 0 Å². The van der Waals surface area contributed by atoms with Crippen LogP contribution in [0.3, 0.4) is 0 Å². The molecule has 1 N–H and O–H groups in total. The molecule has 3 aromatic rings. The highest BCUT2D eigenvalue weighted by Gasteiger charge is 2.11. The molecule has 0 aliphatic heterocycles. The maximum atomic E-state index is 12.8. The van der Waals surface area contributed by atoms with E-state index in [1.54, 1.807) is 13.2 Å². The van der Waals surface area contributed by atoms with Gasteiger partial charge in [0.05, 0.1) is 13.7 Å². The van der Waals surface area contributed by atoms with Crippen LogP contribution >= 0.6 is 0 Å². The normalized spacial score (nSPS) is 12.0. The first-order valence-electron chi connectivity index (χ1n) is 7.63. The lowest BCUT2D eigenvalue weighted by Crippen LogP contribution is -2.25. The van der Waals surface area contributed by atoms with Gasteiger partial charge in [-0.25, -0.2) is 4.39 Å². The molecule has 7 nitrogen and oxygen atoms in total. The zero-order valence-corrected chi connectivity index (χ0v) is 13.5. The Kier molecular flexibility index (Phi) is 5.20. The number of tetrazole rings is 1. The quantitative estimate of drug-likeness (QED) is 0.705. The van der Waals surface area contributed by atoms with Crippen LogP contribution in [0.15, 0.2) is 48.5 Å². The number of nitrogens with zero attached hydrogens (tertiary/aromatic N) is 4. The van der Waals surface area contributed by atoms with E-state index in [4.69, 9.17) is 9.47 Å². The number of hydrogen-bond acceptors (Lipinski definition) is 6. The zero-order valence-electron chi connectivity index (χ0n) is 13.5. The molecule has 0 amide bonds. The largest absolute Gasteiger partial charge is 0.497 e. The first-order valence-corrected chi connectivity index (χ1v) is 7.63. The smallest absolute Gasteiger partial charge is 0.205 e. The van der Waals surface area contributed by atoms with Gasteiger partial charge in [-0.3, -0.25) is 0 Å². The third-order valence-corrected chi connectivity index (χ3v) is 3.41. The van der Waals surface area contributed by atoms with Crippen LogP contribution < -0.4 is 9.47 Å². The van der Waals surface area contributed by atoms with Gasteiger partial charge in [-0.15, -0.1) is 10.2 Å². The lowest BCUT2D eigenvalue weighted by Gasteiger charge is -2.11. The van der Waals surface area contributed by atoms with Gasteiger partial charge in [0.15, 0.2) is 0 Å². The number of halogens is 1. The molecule has 0 aliphatic carbocycles. The van der Waals surface area contributed by atoms with Gasteiger partial charge in [-0.05, 0) is 41.6 Å². The summed E-state index contributed by atoms with van der Waals surface area (Å²) in [6, 6.07) is 12.9. The number of hydrogen-bond donors (Lipinski definition) is 1. The number of methoxy groups -OCH3 is 1. The summed E-state index contributed by atoms with van der Waals surface area (Å²) >= 11 is 0. The second kappa shape index (κ2) is 7.71. The molecule has 8 heteroatoms. The number of rotatable bonds is 7. The van der Waals surface area contributed by atoms with Crippen molar-refractivity contribution in [2.75, 3.05) is 13.7 Å². The molecule has 3 rings (SSSR count). The molecule has 130 valence electrons. The number of benzene rings is 2. The van der Waals surface area contributed by atoms with Crippen LogP contribution in [0.1, 0.15) is 0 Å². The van der Waals surface area contributed by atoms with Crippen LogP contribution in [-0.4, -0.2) is 45.1 Å². The predicted molar refractivity (Wildman–Crippen MR) is 87.7 cm³/mol. The van der Waals surface area contributed by atoms with Crippen LogP contribution in [0.2, 0.25) is 0 Å². The first-order chi connectivity index (χ1) is 12.1. The Balaban J connectivity index is 1.57. The predicted octanol–water partition coefficient (Wildman–Crippen LogP) is 1.93. The molecule has 0 bridgehead atoms. The minimum atomic E-state index is -0.836. The molecule has 1 heterocycles. The Morgan fingerprint density at radius 1 is 1.16 bits per heavy atom. The van der Waals surface area contributed by atoms with Crippen LogP contribution in [0.4, 0.5) is 4.39 Å². The number of aliphatic hydroxyl groups is 1. The standard InChI is InChI=1S/C17H17FN4O3/c1-24-16-4-2-3-12(9-16)17-19-21-22(20-17)10-14(23)11-25-15-7-5-13(18)6-8-15/h2-9,14,23H,10-11H2,1H3/t14-/m0/s1. The van der Waals surface area contributed by atoms with Crippen molar-refractivity contribution >= 4 is 0 Å². The van der Waals surface area contributed by atoms with Crippen LogP contribution in [-0.2, 0) is 6.54 Å². The van der Waals surface area contributed by atoms with Crippen molar-refractivity contribution in [2.45, 2.75) is 12.6 Å². The summed E-state index contributed by atoms with van der Waals surface area (Å²) in [5, 5.41) is 22.2. The second-order valence-corrected chi connectivity index (χ2v) is 5.32. The number of aliphatic hydroxyl groups excluding tert-OH is 1. The molecule has 0 saturated carbocycles. The van der Waals surface area contributed by atoms with E-state index in [2.05, 4.69) is 15.4 Å². The molecule has 2 aromatic carbocycles. The minimum Gasteiger partial charge on any atom is -0.497 e. The van der Waals surface area contributed by atoms with Crippen molar-refractivity contribution in [3.05, 3.63) is 54.3 Å². The number of ether oxygens (including phenoxy) is 2. The molecule has 1 aromatic heterocycles. The van der Waals surface area contributed by atoms with E-state index in [-0.39, 0.29) is 19.0 Å². The SMILES string of the molecule is COc1cccc(-c2nnn(C[C@H](O)COc3ccc(F)cc3)n2)c1. The molecule has 1 atom stereocenters. The Hall–Kier alpha value is -3.00. The van der Waals surface area contributed by atoms with Crippen molar-refractivity contribution in [1.29, 1.82) is 0 Å². The summed E-state index contributed by atoms with van der Waals surface area (Å²) in [5.41, 5.74) is 0.766. The highest BCUT2D eigenvalue weighted by molar-refractivity contribution is 5.56. The Labute approximate surface area is 143 Å². The molecular formula is C17H17FN4O3. The number of aromatic nitrogens is 4. The van der Waals surface area contributed by atoms with Gasteiger partial charge in [0.1, 0.15) is 30.0 Å². The Morgan fingerprint density at radius 3 is 2.72 bits per heavy atom. The van der Waals surface area contributed by atoms with Crippen LogP contribution in [0.5, 0.6) is 11.5 Å². The molecule has 0 fully saturated rings. The average Bonchev–Trinajstić information content (AvgIpc) is 3.10. The minimum absolute atomic E-state index is 0.0294. The summed E-state index contributed by atoms with van der Waals surface area (Å²) in [6.45, 7) is 0.153. The first kappa shape index (κ1) is 16.8. The lowest BCUT2D eigenvalue weighted by atomic mass is 10.2. The van der Waals surface area contributed by atoms with E-state index >= 15 is 0 Å². The van der Waals surface area contributed by atoms with Crippen molar-refractivity contribution in [1.82, 2.24) is 20.2 Å². The third kappa shape index (κ3) is 4.51. The topological polar surface area (TPSA) is 82.3 Å². The average molecular weight is 344 g/mol. The van der Waals surface area contributed by atoms with Crippen LogP contribution in [0.25, 0.3) is 11.4 Å². The van der Waals surface area contributed by atoms with Gasteiger partial charge in [-0.1, -0.05) is 12.1 Å². The molecule has 0 aliphatic rings. The van der Waals surface area contributed by atoms with E-state index in [1.807, 2.05) is 18.2 Å². The van der Waals surface area contributed by atoms with Gasteiger partial charge < -0.3 is 14.6 Å². The molecular weight excluding hydrogens is 327 g/mol. The van der Waals surface area contributed by atoms with Gasteiger partial charge in [0.2, 0.25) is 5.82 Å². The summed E-state index contributed by atoms with van der Waals surface area (Å²) in [5.74, 6) is 1.26. The summed E-state index contributed by atoms with van der Waals surface area (Å²) in [7, 11) is 1.58. The lowest BCUT2D eigenvalue weighted by molar-refractivity contribution is 0.0849. The maximum Gasteiger partial charge on any atom is 0.205 e. The summed E-state index contributed by atoms with van der Waals surface area (Å²) in [4.78, 5) is 1.30. The zero-order chi connectivity index (χ0) is 17.6. The van der Waals surface area contributed by atoms with Gasteiger partial charge in [-0.2, -0.15) is 4.80 Å². The van der Waals surface area contributed by atoms with Gasteiger partial charge in [0, 0.05) is 5.56 Å². The molecule has 25 heavy (non-hydrogen) atoms. The fourth-order valence-corrected chi connectivity index (χ4v) is 2.16. The van der Waals surface area contributed by atoms with E-state index in [9.17, 15) is 9.50 Å². The van der Waals surface area contributed by atoms with E-state index < -0.39 is 6.10 Å². The van der Waals surface area contributed by atoms with E-state index in [0.29, 0.717) is 17.3 Å². The second-order valence-electron chi connectivity index (χ2n) is 5.32. The van der Waals surface area contributed by atoms with Gasteiger partial charge >= 0.3 is 0 Å². The van der Waals surface area contributed by atoms with E-state index in [0.717, 1.165) is 5.56 Å². The van der Waals surface area contributed by atoms with Crippen molar-refractivity contribution in [3.63, 3.8) is 0 Å². The van der Waals surface area contributed by atoms with Crippen molar-refractivity contribution in [2.24, 2.45) is 0 Å². The highest BCUT2D eigenvalue weighted by Crippen LogP contribution is 2.19. The highest BCUT2D eigenvalue weighted by atomic mass is 19.1. The Bertz CT molecular complexity index is 823. The van der Waals surface area contributed by atoms with Crippen molar-refractivity contribution < 1.29 is 19.0 Å². The van der Waals surface area contributed by atoms with E-state index in [1.165, 1.54) is 29.1 Å². The molecule has 0 radical (unpaired) electrons. The molecule has 0 saturated heterocycles. The summed E-state index contributed by atoms with van der Waals surface area (Å²) in [6.07, 6.45) is -0.836. The third-order valence-electron chi connectivity index (χ3n) is 3.41. The van der Waals surface area contributed by atoms with Crippen molar-refractivity contribution in [3.8, 4) is 22.9 Å². The monoisotopic (exact) mass is 344 g/mol. The molecule has 0 spiro atoms. The maximum absolute atomic E-state index is 12.8. The Morgan fingerprint density at radius 2 is 1.96 bits per heavy atom. The fraction of sp³-hybridized carbons (Fsp3) is 0.235.